The highest BCUT2D eigenvalue weighted by molar-refractivity contribution is 6.04. The second kappa shape index (κ2) is 14.5. The molecule has 14 nitrogen and oxygen atoms in total. The van der Waals surface area contributed by atoms with E-state index in [0.29, 0.717) is 42.1 Å². The van der Waals surface area contributed by atoms with Gasteiger partial charge in [0, 0.05) is 42.1 Å². The molecule has 1 aromatic carbocycles. The second-order valence-corrected chi connectivity index (χ2v) is 16.0. The SMILES string of the molecule is CC(C)(C)OC(=O)N[C@H]1CCCCC/C=C\[C@@H]2C[C@@]2(C(=O)Nc2cc(C3CC3)[nH]n2)NC(=O)[C@@H]2C[C@@H](OC(=O)N3Cc4cccc(F)c4C3)CN2C1=O. The van der Waals surface area contributed by atoms with Crippen LogP contribution in [0.3, 0.4) is 0 Å². The summed E-state index contributed by atoms with van der Waals surface area (Å²) < 4.78 is 25.8. The predicted molar refractivity (Wildman–Crippen MR) is 190 cm³/mol. The number of carbonyl (C=O) groups excluding carboxylic acids is 5. The summed E-state index contributed by atoms with van der Waals surface area (Å²) in [7, 11) is 0. The molecular formula is C38H48FN7O7. The molecular weight excluding hydrogens is 685 g/mol. The fraction of sp³-hybridized carbons (Fsp3) is 0.579. The number of anilines is 1. The van der Waals surface area contributed by atoms with Gasteiger partial charge in [-0.25, -0.2) is 14.0 Å². The van der Waals surface area contributed by atoms with Crippen LogP contribution in [0.1, 0.15) is 101 Å². The van der Waals surface area contributed by atoms with Crippen LogP contribution in [-0.4, -0.2) is 85.8 Å². The lowest BCUT2D eigenvalue weighted by molar-refractivity contribution is -0.141. The van der Waals surface area contributed by atoms with Crippen LogP contribution in [0, 0.1) is 11.7 Å². The minimum atomic E-state index is -1.28. The van der Waals surface area contributed by atoms with Crippen LogP contribution in [0.25, 0.3) is 0 Å². The Balaban J connectivity index is 1.12. The van der Waals surface area contributed by atoms with Gasteiger partial charge in [-0.15, -0.1) is 0 Å². The highest BCUT2D eigenvalue weighted by Gasteiger charge is 2.61. The molecule has 1 aromatic heterocycles. The fourth-order valence-electron chi connectivity index (χ4n) is 7.57. The number of carbonyl (C=O) groups is 5. The van der Waals surface area contributed by atoms with E-state index >= 15 is 0 Å². The maximum Gasteiger partial charge on any atom is 0.410 e. The Morgan fingerprint density at radius 1 is 1.08 bits per heavy atom. The number of H-pyrrole nitrogens is 1. The molecule has 5 atom stereocenters. The lowest BCUT2D eigenvalue weighted by Crippen LogP contribution is -2.57. The standard InChI is InChI=1S/C38H48FN7O7/c1-37(2,3)53-35(50)40-28-13-8-6-4-5-7-11-24-18-38(24,34(49)41-31-17-29(43-44-31)22-14-15-22)42-32(47)30-16-25(20-46(30)33(28)48)52-36(51)45-19-23-10-9-12-27(39)26(23)21-45/h7,9-12,17,22,24-25,28,30H,4-6,8,13-16,18-21H2,1-3H3,(H,40,50)(H,42,47)(H2,41,43,44,49)/b11-7-/t24-,25-,28+,30+,38-/m1/s1. The summed E-state index contributed by atoms with van der Waals surface area (Å²) >= 11 is 0. The van der Waals surface area contributed by atoms with Gasteiger partial charge in [0.2, 0.25) is 11.8 Å². The summed E-state index contributed by atoms with van der Waals surface area (Å²) in [6.45, 7) is 5.25. The molecule has 1 saturated heterocycles. The Labute approximate surface area is 307 Å². The second-order valence-electron chi connectivity index (χ2n) is 16.0. The number of hydrogen-bond acceptors (Lipinski definition) is 8. The van der Waals surface area contributed by atoms with E-state index in [1.807, 2.05) is 18.2 Å². The van der Waals surface area contributed by atoms with Crippen LogP contribution in [0.5, 0.6) is 0 Å². The van der Waals surface area contributed by atoms with E-state index in [-0.39, 0.29) is 32.0 Å². The number of rotatable bonds is 5. The third-order valence-corrected chi connectivity index (χ3v) is 10.6. The Kier molecular flexibility index (Phi) is 9.94. The fourth-order valence-corrected chi connectivity index (χ4v) is 7.57. The summed E-state index contributed by atoms with van der Waals surface area (Å²) in [4.78, 5) is 71.7. The number of benzene rings is 1. The van der Waals surface area contributed by atoms with Crippen LogP contribution in [0.15, 0.2) is 36.4 Å². The van der Waals surface area contributed by atoms with Crippen LogP contribution in [-0.2, 0) is 36.9 Å². The van der Waals surface area contributed by atoms with Crippen molar-refractivity contribution in [3.05, 3.63) is 59.1 Å². The van der Waals surface area contributed by atoms with Gasteiger partial charge in [0.15, 0.2) is 5.82 Å². The molecule has 2 aromatic rings. The van der Waals surface area contributed by atoms with Gasteiger partial charge in [0.05, 0.1) is 13.1 Å². The molecule has 2 aliphatic carbocycles. The third kappa shape index (κ3) is 8.18. The topological polar surface area (TPSA) is 175 Å². The van der Waals surface area contributed by atoms with Crippen molar-refractivity contribution in [1.29, 1.82) is 0 Å². The van der Waals surface area contributed by atoms with Crippen molar-refractivity contribution in [3.8, 4) is 0 Å². The molecule has 15 heteroatoms. The van der Waals surface area contributed by atoms with Crippen molar-refractivity contribution in [2.75, 3.05) is 11.9 Å². The molecule has 0 spiro atoms. The zero-order valence-electron chi connectivity index (χ0n) is 30.4. The normalized spacial score (nSPS) is 28.0. The Morgan fingerprint density at radius 2 is 1.89 bits per heavy atom. The molecule has 0 unspecified atom stereocenters. The molecule has 3 aliphatic heterocycles. The van der Waals surface area contributed by atoms with Crippen molar-refractivity contribution in [2.24, 2.45) is 5.92 Å². The van der Waals surface area contributed by atoms with Gasteiger partial charge in [0.1, 0.15) is 35.1 Å². The summed E-state index contributed by atoms with van der Waals surface area (Å²) in [5.74, 6) is -1.42. The van der Waals surface area contributed by atoms with E-state index in [2.05, 4.69) is 26.1 Å². The van der Waals surface area contributed by atoms with Gasteiger partial charge in [-0.05, 0) is 70.9 Å². The minimum Gasteiger partial charge on any atom is -0.444 e. The molecule has 0 bridgehead atoms. The number of ether oxygens (including phenoxy) is 2. The number of aromatic nitrogens is 2. The maximum atomic E-state index is 14.4. The summed E-state index contributed by atoms with van der Waals surface area (Å²) in [6.07, 6.45) is 7.36. The number of hydrogen-bond donors (Lipinski definition) is 4. The number of amides is 5. The van der Waals surface area contributed by atoms with Crippen molar-refractivity contribution in [2.45, 2.75) is 127 Å². The molecule has 0 radical (unpaired) electrons. The average molecular weight is 734 g/mol. The van der Waals surface area contributed by atoms with Crippen molar-refractivity contribution in [1.82, 2.24) is 30.6 Å². The number of alkyl carbamates (subject to hydrolysis) is 1. The third-order valence-electron chi connectivity index (χ3n) is 10.6. The number of aromatic amines is 1. The zero-order valence-corrected chi connectivity index (χ0v) is 30.4. The molecule has 5 aliphatic rings. The molecule has 3 fully saturated rings. The lowest BCUT2D eigenvalue weighted by atomic mass is 10.0. The number of fused-ring (bicyclic) bond motifs is 3. The first-order valence-electron chi connectivity index (χ1n) is 18.7. The average Bonchev–Trinajstić information content (AvgIpc) is 3.87. The van der Waals surface area contributed by atoms with E-state index in [9.17, 15) is 28.4 Å². The van der Waals surface area contributed by atoms with Crippen LogP contribution in [0.2, 0.25) is 0 Å². The molecule has 284 valence electrons. The van der Waals surface area contributed by atoms with E-state index < -0.39 is 65.1 Å². The van der Waals surface area contributed by atoms with Gasteiger partial charge in [0.25, 0.3) is 5.91 Å². The van der Waals surface area contributed by atoms with Gasteiger partial charge in [-0.1, -0.05) is 37.1 Å². The highest BCUT2D eigenvalue weighted by Crippen LogP contribution is 2.46. The summed E-state index contributed by atoms with van der Waals surface area (Å²) in [6, 6.07) is 4.36. The van der Waals surface area contributed by atoms with Gasteiger partial charge in [-0.2, -0.15) is 5.10 Å². The Bertz CT molecular complexity index is 1800. The maximum absolute atomic E-state index is 14.4. The van der Waals surface area contributed by atoms with Crippen LogP contribution < -0.4 is 16.0 Å². The molecule has 4 N–H and O–H groups in total. The molecule has 2 saturated carbocycles. The quantitative estimate of drug-likeness (QED) is 0.318. The first kappa shape index (κ1) is 36.4. The first-order valence-corrected chi connectivity index (χ1v) is 18.7. The number of halogens is 1. The molecule has 7 rings (SSSR count). The summed E-state index contributed by atoms with van der Waals surface area (Å²) in [5.41, 5.74) is -0.0338. The molecule has 53 heavy (non-hydrogen) atoms. The lowest BCUT2D eigenvalue weighted by Gasteiger charge is -2.30. The number of nitrogens with zero attached hydrogens (tertiary/aromatic N) is 3. The van der Waals surface area contributed by atoms with Crippen molar-refractivity contribution >= 4 is 35.7 Å². The van der Waals surface area contributed by atoms with E-state index in [4.69, 9.17) is 9.47 Å². The number of nitrogens with one attached hydrogen (secondary N) is 4. The van der Waals surface area contributed by atoms with Crippen molar-refractivity contribution < 1.29 is 37.8 Å². The Hall–Kier alpha value is -4.95. The predicted octanol–water partition coefficient (Wildman–Crippen LogP) is 4.78. The van der Waals surface area contributed by atoms with Gasteiger partial charge < -0.3 is 30.3 Å². The van der Waals surface area contributed by atoms with Gasteiger partial charge >= 0.3 is 12.2 Å². The molecule has 5 amide bonds. The van der Waals surface area contributed by atoms with Gasteiger partial charge in [-0.3, -0.25) is 24.4 Å². The Morgan fingerprint density at radius 3 is 2.64 bits per heavy atom. The summed E-state index contributed by atoms with van der Waals surface area (Å²) in [5, 5.41) is 15.8. The van der Waals surface area contributed by atoms with Crippen LogP contribution in [0.4, 0.5) is 19.8 Å². The van der Waals surface area contributed by atoms with E-state index in [0.717, 1.165) is 37.8 Å². The monoisotopic (exact) mass is 733 g/mol. The smallest absolute Gasteiger partial charge is 0.410 e. The van der Waals surface area contributed by atoms with Crippen LogP contribution >= 0.6 is 0 Å². The van der Waals surface area contributed by atoms with E-state index in [1.54, 1.807) is 32.9 Å². The van der Waals surface area contributed by atoms with E-state index in [1.165, 1.54) is 15.9 Å². The molecule has 4 heterocycles. The van der Waals surface area contributed by atoms with Crippen molar-refractivity contribution in [3.63, 3.8) is 0 Å². The highest BCUT2D eigenvalue weighted by atomic mass is 19.1. The first-order chi connectivity index (χ1) is 25.3. The number of allylic oxidation sites excluding steroid dienone is 1. The largest absolute Gasteiger partial charge is 0.444 e. The minimum absolute atomic E-state index is 0.0344. The zero-order chi connectivity index (χ0) is 37.5.